The second-order valence-corrected chi connectivity index (χ2v) is 4.40. The van der Waals surface area contributed by atoms with Gasteiger partial charge in [0.25, 0.3) is 0 Å². The van der Waals surface area contributed by atoms with E-state index in [0.29, 0.717) is 6.42 Å². The summed E-state index contributed by atoms with van der Waals surface area (Å²) in [4.78, 5) is 21.9. The molecule has 5 heteroatoms. The van der Waals surface area contributed by atoms with E-state index in [9.17, 15) is 9.59 Å². The maximum Gasteiger partial charge on any atom is 0.306 e. The molecule has 1 N–H and O–H groups in total. The van der Waals surface area contributed by atoms with Crippen molar-refractivity contribution >= 4 is 11.9 Å². The summed E-state index contributed by atoms with van der Waals surface area (Å²) in [6.45, 7) is 3.62. The molecular weight excluding hydrogens is 200 g/mol. The van der Waals surface area contributed by atoms with E-state index in [4.69, 9.17) is 14.6 Å². The molecule has 15 heavy (non-hydrogen) atoms. The maximum atomic E-state index is 11.2. The number of rotatable bonds is 2. The maximum absolute atomic E-state index is 11.2. The van der Waals surface area contributed by atoms with Gasteiger partial charge in [-0.3, -0.25) is 9.59 Å². The Morgan fingerprint density at radius 1 is 1.67 bits per heavy atom. The van der Waals surface area contributed by atoms with E-state index in [1.165, 1.54) is 0 Å². The molecule has 0 aromatic carbocycles. The van der Waals surface area contributed by atoms with Crippen LogP contribution in [0.2, 0.25) is 0 Å². The van der Waals surface area contributed by atoms with E-state index in [0.717, 1.165) is 0 Å². The van der Waals surface area contributed by atoms with Crippen LogP contribution in [0.1, 0.15) is 26.7 Å². The van der Waals surface area contributed by atoms with Crippen molar-refractivity contribution in [1.29, 1.82) is 0 Å². The summed E-state index contributed by atoms with van der Waals surface area (Å²) < 4.78 is 10.8. The van der Waals surface area contributed by atoms with Gasteiger partial charge in [-0.25, -0.2) is 0 Å². The number of carboxylic acid groups (broad SMARTS) is 1. The molecule has 2 aliphatic rings. The molecule has 4 atom stereocenters. The fourth-order valence-electron chi connectivity index (χ4n) is 2.58. The number of esters is 1. The van der Waals surface area contributed by atoms with Crippen molar-refractivity contribution in [2.45, 2.75) is 44.5 Å². The molecule has 84 valence electrons. The van der Waals surface area contributed by atoms with E-state index in [1.54, 1.807) is 6.92 Å². The van der Waals surface area contributed by atoms with Crippen LogP contribution in [0.5, 0.6) is 0 Å². The lowest BCUT2D eigenvalue weighted by Crippen LogP contribution is -2.40. The third-order valence-corrected chi connectivity index (χ3v) is 3.40. The number of hydrogen-bond donors (Lipinski definition) is 1. The first-order valence-electron chi connectivity index (χ1n) is 5.02. The number of aliphatic carboxylic acids is 1. The Balaban J connectivity index is 2.21. The number of carboxylic acids is 1. The molecule has 0 amide bonds. The van der Waals surface area contributed by atoms with Crippen LogP contribution in [0.4, 0.5) is 0 Å². The summed E-state index contributed by atoms with van der Waals surface area (Å²) in [6, 6.07) is 0. The SMILES string of the molecule is CC1OC(CC(=O)O)C2(C)OC(=O)CC12. The summed E-state index contributed by atoms with van der Waals surface area (Å²) in [7, 11) is 0. The summed E-state index contributed by atoms with van der Waals surface area (Å²) in [5.41, 5.74) is -0.755. The Morgan fingerprint density at radius 3 is 2.93 bits per heavy atom. The van der Waals surface area contributed by atoms with Gasteiger partial charge in [0.2, 0.25) is 0 Å². The molecular formula is C10H14O5. The van der Waals surface area contributed by atoms with Crippen molar-refractivity contribution in [2.24, 2.45) is 5.92 Å². The number of carbonyl (C=O) groups is 2. The van der Waals surface area contributed by atoms with Crippen molar-refractivity contribution < 1.29 is 24.2 Å². The van der Waals surface area contributed by atoms with E-state index in [-0.39, 0.29) is 24.4 Å². The van der Waals surface area contributed by atoms with Crippen molar-refractivity contribution in [1.82, 2.24) is 0 Å². The molecule has 5 nitrogen and oxygen atoms in total. The molecule has 0 saturated carbocycles. The van der Waals surface area contributed by atoms with Crippen LogP contribution in [-0.4, -0.2) is 34.9 Å². The molecule has 0 aromatic rings. The lowest BCUT2D eigenvalue weighted by molar-refractivity contribution is -0.159. The molecule has 0 radical (unpaired) electrons. The molecule has 2 aliphatic heterocycles. The summed E-state index contributed by atoms with van der Waals surface area (Å²) >= 11 is 0. The van der Waals surface area contributed by atoms with Crippen LogP contribution in [0, 0.1) is 5.92 Å². The second-order valence-electron chi connectivity index (χ2n) is 4.40. The molecule has 4 unspecified atom stereocenters. The number of fused-ring (bicyclic) bond motifs is 1. The minimum Gasteiger partial charge on any atom is -0.481 e. The van der Waals surface area contributed by atoms with Gasteiger partial charge >= 0.3 is 11.9 Å². The first-order valence-corrected chi connectivity index (χ1v) is 5.02. The molecule has 0 spiro atoms. The predicted octanol–water partition coefficient (Wildman–Crippen LogP) is 0.570. The molecule has 2 rings (SSSR count). The first kappa shape index (κ1) is 10.4. The lowest BCUT2D eigenvalue weighted by atomic mass is 9.83. The molecule has 2 saturated heterocycles. The van der Waals surface area contributed by atoms with Gasteiger partial charge < -0.3 is 14.6 Å². The number of hydrogen-bond acceptors (Lipinski definition) is 4. The van der Waals surface area contributed by atoms with Gasteiger partial charge in [0.1, 0.15) is 11.7 Å². The lowest BCUT2D eigenvalue weighted by Gasteiger charge is -2.26. The molecule has 0 aromatic heterocycles. The molecule has 2 fully saturated rings. The fraction of sp³-hybridized carbons (Fsp3) is 0.800. The Labute approximate surface area is 87.4 Å². The van der Waals surface area contributed by atoms with Crippen LogP contribution >= 0.6 is 0 Å². The second kappa shape index (κ2) is 3.20. The zero-order chi connectivity index (χ0) is 11.2. The average Bonchev–Trinajstić information content (AvgIpc) is 2.49. The third kappa shape index (κ3) is 1.51. The van der Waals surface area contributed by atoms with Crippen LogP contribution in [0.25, 0.3) is 0 Å². The Hall–Kier alpha value is -1.10. The zero-order valence-corrected chi connectivity index (χ0v) is 8.73. The Morgan fingerprint density at radius 2 is 2.33 bits per heavy atom. The average molecular weight is 214 g/mol. The van der Waals surface area contributed by atoms with Crippen molar-refractivity contribution in [3.8, 4) is 0 Å². The predicted molar refractivity (Wildman–Crippen MR) is 49.2 cm³/mol. The molecule has 0 bridgehead atoms. The smallest absolute Gasteiger partial charge is 0.306 e. The van der Waals surface area contributed by atoms with Gasteiger partial charge in [-0.05, 0) is 13.8 Å². The summed E-state index contributed by atoms with van der Waals surface area (Å²) in [5, 5.41) is 8.74. The van der Waals surface area contributed by atoms with Crippen molar-refractivity contribution in [3.05, 3.63) is 0 Å². The number of ether oxygens (including phenoxy) is 2. The van der Waals surface area contributed by atoms with E-state index >= 15 is 0 Å². The normalized spacial score (nSPS) is 43.9. The summed E-state index contributed by atoms with van der Waals surface area (Å²) in [6.07, 6.45) is -0.439. The van der Waals surface area contributed by atoms with Gasteiger partial charge in [-0.15, -0.1) is 0 Å². The third-order valence-electron chi connectivity index (χ3n) is 3.40. The van der Waals surface area contributed by atoms with E-state index in [1.807, 2.05) is 6.92 Å². The Kier molecular flexibility index (Phi) is 2.22. The zero-order valence-electron chi connectivity index (χ0n) is 8.73. The highest BCUT2D eigenvalue weighted by molar-refractivity contribution is 5.74. The minimum atomic E-state index is -0.933. The van der Waals surface area contributed by atoms with Crippen molar-refractivity contribution in [2.75, 3.05) is 0 Å². The fourth-order valence-corrected chi connectivity index (χ4v) is 2.58. The van der Waals surface area contributed by atoms with E-state index < -0.39 is 17.7 Å². The van der Waals surface area contributed by atoms with Crippen LogP contribution in [-0.2, 0) is 19.1 Å². The summed E-state index contributed by atoms with van der Waals surface area (Å²) in [5.74, 6) is -1.21. The largest absolute Gasteiger partial charge is 0.481 e. The quantitative estimate of drug-likeness (QED) is 0.680. The van der Waals surface area contributed by atoms with Crippen LogP contribution in [0.15, 0.2) is 0 Å². The van der Waals surface area contributed by atoms with Gasteiger partial charge in [-0.2, -0.15) is 0 Å². The Bertz CT molecular complexity index is 313. The standard InChI is InChI=1S/C10H14O5/c1-5-6-3-9(13)15-10(6,2)7(14-5)4-8(11)12/h5-7H,3-4H2,1-2H3,(H,11,12). The molecule has 2 heterocycles. The van der Waals surface area contributed by atoms with Gasteiger partial charge in [0.15, 0.2) is 0 Å². The van der Waals surface area contributed by atoms with Gasteiger partial charge in [-0.1, -0.05) is 0 Å². The van der Waals surface area contributed by atoms with Gasteiger partial charge in [0.05, 0.1) is 18.9 Å². The monoisotopic (exact) mass is 214 g/mol. The topological polar surface area (TPSA) is 72.8 Å². The molecule has 0 aliphatic carbocycles. The minimum absolute atomic E-state index is 0.0191. The van der Waals surface area contributed by atoms with Crippen LogP contribution < -0.4 is 0 Å². The first-order chi connectivity index (χ1) is 6.93. The van der Waals surface area contributed by atoms with Gasteiger partial charge in [0, 0.05) is 5.92 Å². The van der Waals surface area contributed by atoms with E-state index in [2.05, 4.69) is 0 Å². The highest BCUT2D eigenvalue weighted by atomic mass is 16.6. The van der Waals surface area contributed by atoms with Crippen LogP contribution in [0.3, 0.4) is 0 Å². The highest BCUT2D eigenvalue weighted by Crippen LogP contribution is 2.46. The number of carbonyl (C=O) groups excluding carboxylic acids is 1. The van der Waals surface area contributed by atoms with Crippen molar-refractivity contribution in [3.63, 3.8) is 0 Å². The highest BCUT2D eigenvalue weighted by Gasteiger charge is 2.59.